The average Bonchev–Trinajstić information content (AvgIpc) is 3.48. The van der Waals surface area contributed by atoms with Crippen LogP contribution >= 0.6 is 0 Å². The number of fused-ring (bicyclic) bond motifs is 4. The number of non-ortho nitro benzene ring substituents is 1. The fraction of sp³-hybridized carbons (Fsp3) is 0.452. The van der Waals surface area contributed by atoms with Gasteiger partial charge in [0.05, 0.1) is 28.5 Å². The Labute approximate surface area is 239 Å². The van der Waals surface area contributed by atoms with Gasteiger partial charge in [0.15, 0.2) is 5.72 Å². The molecule has 1 atom stereocenters. The lowest BCUT2D eigenvalue weighted by atomic mass is 9.77. The fourth-order valence-electron chi connectivity index (χ4n) is 6.82. The zero-order chi connectivity index (χ0) is 28.9. The van der Waals surface area contributed by atoms with Crippen LogP contribution in [0.2, 0.25) is 0 Å². The predicted octanol–water partition coefficient (Wildman–Crippen LogP) is 4.49. The maximum Gasteiger partial charge on any atom is 0.345 e. The highest BCUT2D eigenvalue weighted by Crippen LogP contribution is 2.56. The summed E-state index contributed by atoms with van der Waals surface area (Å²) in [5.74, 6) is 0. The molecule has 2 aromatic carbocycles. The zero-order valence-corrected chi connectivity index (χ0v) is 24.1. The lowest BCUT2D eigenvalue weighted by molar-refractivity contribution is -0.384. The van der Waals surface area contributed by atoms with Gasteiger partial charge in [-0.3, -0.25) is 10.1 Å². The summed E-state index contributed by atoms with van der Waals surface area (Å²) >= 11 is 0. The Morgan fingerprint density at radius 1 is 1.10 bits per heavy atom. The van der Waals surface area contributed by atoms with Crippen LogP contribution in [0.1, 0.15) is 38.8 Å². The Bertz CT molecular complexity index is 1590. The van der Waals surface area contributed by atoms with E-state index in [1.807, 2.05) is 24.3 Å². The van der Waals surface area contributed by atoms with Gasteiger partial charge in [0, 0.05) is 80.5 Å². The van der Waals surface area contributed by atoms with Gasteiger partial charge in [-0.05, 0) is 49.8 Å². The molecule has 1 unspecified atom stereocenters. The van der Waals surface area contributed by atoms with Crippen molar-refractivity contribution in [3.63, 3.8) is 0 Å². The number of nitro benzene ring substituents is 1. The van der Waals surface area contributed by atoms with Crippen LogP contribution < -0.4 is 25.6 Å². The predicted molar refractivity (Wildman–Crippen MR) is 162 cm³/mol. The minimum atomic E-state index is -0.903. The van der Waals surface area contributed by atoms with Gasteiger partial charge in [-0.1, -0.05) is 13.8 Å². The van der Waals surface area contributed by atoms with E-state index in [2.05, 4.69) is 59.8 Å². The first-order valence-electron chi connectivity index (χ1n) is 14.4. The molecule has 0 spiro atoms. The Hall–Kier alpha value is -3.89. The van der Waals surface area contributed by atoms with Crippen molar-refractivity contribution in [2.24, 2.45) is 0 Å². The molecular weight excluding hydrogens is 522 g/mol. The van der Waals surface area contributed by atoms with E-state index in [1.165, 1.54) is 0 Å². The largest absolute Gasteiger partial charge is 0.422 e. The molecule has 216 valence electrons. The Balaban J connectivity index is 1.50. The van der Waals surface area contributed by atoms with Crippen LogP contribution in [0.4, 0.5) is 22.7 Å². The van der Waals surface area contributed by atoms with E-state index in [0.717, 1.165) is 67.3 Å². The van der Waals surface area contributed by atoms with Crippen LogP contribution in [0.3, 0.4) is 0 Å². The number of hydrogen-bond acceptors (Lipinski definition) is 9. The van der Waals surface area contributed by atoms with Crippen LogP contribution in [-0.2, 0) is 10.2 Å². The van der Waals surface area contributed by atoms with E-state index in [4.69, 9.17) is 9.15 Å². The highest BCUT2D eigenvalue weighted by atomic mass is 16.6. The monoisotopic (exact) mass is 559 g/mol. The van der Waals surface area contributed by atoms with Gasteiger partial charge < -0.3 is 29.2 Å². The lowest BCUT2D eigenvalue weighted by Crippen LogP contribution is -2.51. The minimum absolute atomic E-state index is 0.0477. The van der Waals surface area contributed by atoms with Crippen molar-refractivity contribution >= 4 is 39.8 Å². The first-order chi connectivity index (χ1) is 19.7. The van der Waals surface area contributed by atoms with Crippen molar-refractivity contribution in [1.29, 1.82) is 0 Å². The van der Waals surface area contributed by atoms with Crippen molar-refractivity contribution in [1.82, 2.24) is 5.32 Å². The second-order valence-corrected chi connectivity index (χ2v) is 11.4. The first-order valence-corrected chi connectivity index (χ1v) is 14.4. The van der Waals surface area contributed by atoms with Crippen LogP contribution in [0.15, 0.2) is 51.7 Å². The number of nitrogens with one attached hydrogen (secondary N) is 1. The molecule has 10 heteroatoms. The van der Waals surface area contributed by atoms with Crippen LogP contribution in [0.5, 0.6) is 0 Å². The average molecular weight is 560 g/mol. The topological polar surface area (TPSA) is 104 Å². The summed E-state index contributed by atoms with van der Waals surface area (Å²) in [5, 5.41) is 15.9. The van der Waals surface area contributed by atoms with Crippen molar-refractivity contribution in [2.75, 3.05) is 67.1 Å². The molecule has 0 radical (unpaired) electrons. The summed E-state index contributed by atoms with van der Waals surface area (Å²) in [6.45, 7) is 14.4. The number of nitrogens with zero attached hydrogens (tertiary/aromatic N) is 4. The summed E-state index contributed by atoms with van der Waals surface area (Å²) in [6, 6.07) is 11.1. The molecule has 0 saturated carbocycles. The Kier molecular flexibility index (Phi) is 6.78. The SMILES string of the molecule is CCN(CC)c1ccc2c(N3CCNCC3)c(/C=C/C34OCCN3c3cc([N+](=O)[O-])ccc3C4(C)C)c(=O)oc2c1. The number of ether oxygens (including phenoxy) is 1. The molecular formula is C31H37N5O5. The van der Waals surface area contributed by atoms with Crippen LogP contribution in [0, 0.1) is 10.1 Å². The molecule has 2 saturated heterocycles. The fourth-order valence-corrected chi connectivity index (χ4v) is 6.82. The zero-order valence-electron chi connectivity index (χ0n) is 24.1. The van der Waals surface area contributed by atoms with Gasteiger partial charge in [0.25, 0.3) is 5.69 Å². The molecule has 2 fully saturated rings. The standard InChI is InChI=1S/C31H37N5O5/c1-5-33(6-2)21-7-9-23-27(20-21)41-29(37)24(28(23)34-15-13-32-14-16-34)11-12-31-30(3,4)25-10-8-22(36(38)39)19-26(25)35(31)17-18-40-31/h7-12,19-20,32H,5-6,13-18H2,1-4H3/b12-11+. The molecule has 1 N–H and O–H groups in total. The maximum atomic E-state index is 13.7. The summed E-state index contributed by atoms with van der Waals surface area (Å²) in [6.07, 6.45) is 3.81. The van der Waals surface area contributed by atoms with E-state index in [9.17, 15) is 14.9 Å². The van der Waals surface area contributed by atoms with Gasteiger partial charge in [0.1, 0.15) is 5.58 Å². The lowest BCUT2D eigenvalue weighted by Gasteiger charge is -2.40. The maximum absolute atomic E-state index is 13.7. The van der Waals surface area contributed by atoms with Crippen molar-refractivity contribution in [3.8, 4) is 0 Å². The van der Waals surface area contributed by atoms with Gasteiger partial charge in [-0.25, -0.2) is 4.79 Å². The second-order valence-electron chi connectivity index (χ2n) is 11.4. The number of anilines is 3. The first kappa shape index (κ1) is 27.3. The van der Waals surface area contributed by atoms with Gasteiger partial charge in [-0.2, -0.15) is 0 Å². The Morgan fingerprint density at radius 2 is 1.85 bits per heavy atom. The van der Waals surface area contributed by atoms with Crippen LogP contribution in [0.25, 0.3) is 17.0 Å². The quantitative estimate of drug-likeness (QED) is 0.255. The number of hydrogen-bond donors (Lipinski definition) is 1. The number of rotatable bonds is 7. The molecule has 3 aliphatic heterocycles. The number of piperazine rings is 1. The van der Waals surface area contributed by atoms with E-state index in [0.29, 0.717) is 24.3 Å². The van der Waals surface area contributed by atoms with E-state index >= 15 is 0 Å². The summed E-state index contributed by atoms with van der Waals surface area (Å²) < 4.78 is 12.5. The molecule has 0 aliphatic carbocycles. The third-order valence-electron chi connectivity index (χ3n) is 9.03. The van der Waals surface area contributed by atoms with Crippen molar-refractivity contribution in [2.45, 2.75) is 38.8 Å². The van der Waals surface area contributed by atoms with E-state index < -0.39 is 16.8 Å². The van der Waals surface area contributed by atoms with Crippen molar-refractivity contribution in [3.05, 3.63) is 74.1 Å². The summed E-state index contributed by atoms with van der Waals surface area (Å²) in [4.78, 5) is 31.5. The smallest absolute Gasteiger partial charge is 0.345 e. The summed E-state index contributed by atoms with van der Waals surface area (Å²) in [5.41, 5.74) is 2.93. The molecule has 10 nitrogen and oxygen atoms in total. The molecule has 41 heavy (non-hydrogen) atoms. The van der Waals surface area contributed by atoms with E-state index in [1.54, 1.807) is 12.1 Å². The highest BCUT2D eigenvalue weighted by molar-refractivity contribution is 5.96. The van der Waals surface area contributed by atoms with E-state index in [-0.39, 0.29) is 10.6 Å². The molecule has 0 bridgehead atoms. The van der Waals surface area contributed by atoms with Gasteiger partial charge >= 0.3 is 5.63 Å². The third-order valence-corrected chi connectivity index (χ3v) is 9.03. The molecule has 3 aliphatic rings. The van der Waals surface area contributed by atoms with Gasteiger partial charge in [-0.15, -0.1) is 0 Å². The third kappa shape index (κ3) is 4.19. The van der Waals surface area contributed by atoms with Crippen LogP contribution in [-0.4, -0.2) is 63.1 Å². The van der Waals surface area contributed by atoms with Gasteiger partial charge in [0.2, 0.25) is 0 Å². The number of benzene rings is 2. The minimum Gasteiger partial charge on any atom is -0.422 e. The number of nitro groups is 1. The Morgan fingerprint density at radius 3 is 2.56 bits per heavy atom. The summed E-state index contributed by atoms with van der Waals surface area (Å²) in [7, 11) is 0. The molecule has 4 heterocycles. The molecule has 0 amide bonds. The second kappa shape index (κ2) is 10.2. The molecule has 6 rings (SSSR count). The van der Waals surface area contributed by atoms with Crippen molar-refractivity contribution < 1.29 is 14.1 Å². The normalized spacial score (nSPS) is 21.5. The molecule has 1 aromatic heterocycles. The molecule has 3 aromatic rings. The highest BCUT2D eigenvalue weighted by Gasteiger charge is 2.59.